The molecule has 0 amide bonds. The van der Waals surface area contributed by atoms with Gasteiger partial charge < -0.3 is 24.8 Å². The molecular weight excluding hydrogens is 408 g/mol. The molecule has 1 aliphatic carbocycles. The highest BCUT2D eigenvalue weighted by atomic mass is 16.5. The fourth-order valence-corrected chi connectivity index (χ4v) is 4.03. The van der Waals surface area contributed by atoms with Gasteiger partial charge in [-0.3, -0.25) is 0 Å². The highest BCUT2D eigenvalue weighted by Gasteiger charge is 2.28. The first-order valence-electron chi connectivity index (χ1n) is 10.7. The first kappa shape index (κ1) is 22.0. The Kier molecular flexibility index (Phi) is 6.51. The molecule has 3 aromatic rings. The predicted molar refractivity (Wildman–Crippen MR) is 119 cm³/mol. The lowest BCUT2D eigenvalue weighted by Crippen LogP contribution is -2.37. The van der Waals surface area contributed by atoms with Gasteiger partial charge >= 0.3 is 0 Å². The van der Waals surface area contributed by atoms with Crippen molar-refractivity contribution in [2.24, 2.45) is 0 Å². The van der Waals surface area contributed by atoms with Gasteiger partial charge in [0.05, 0.1) is 31.9 Å². The summed E-state index contributed by atoms with van der Waals surface area (Å²) in [6, 6.07) is 10.9. The van der Waals surface area contributed by atoms with Crippen molar-refractivity contribution in [3.63, 3.8) is 0 Å². The summed E-state index contributed by atoms with van der Waals surface area (Å²) in [5.74, 6) is 1.36. The number of nitrogens with zero attached hydrogens (tertiary/aromatic N) is 3. The molecule has 8 nitrogen and oxygen atoms in total. The van der Waals surface area contributed by atoms with Crippen molar-refractivity contribution in [3.05, 3.63) is 58.9 Å². The molecule has 1 heterocycles. The predicted octanol–water partition coefficient (Wildman–Crippen LogP) is 3.67. The minimum atomic E-state index is -0.356. The van der Waals surface area contributed by atoms with Crippen LogP contribution in [0.25, 0.3) is 27.7 Å². The molecule has 166 valence electrons. The zero-order valence-electron chi connectivity index (χ0n) is 18.1. The molecule has 1 aliphatic rings. The number of aromatic nitrogens is 2. The Bertz CT molecular complexity index is 1130. The molecule has 2 aromatic carbocycles. The van der Waals surface area contributed by atoms with E-state index in [2.05, 4.69) is 20.3 Å². The Balaban J connectivity index is 1.62. The van der Waals surface area contributed by atoms with E-state index in [-0.39, 0.29) is 31.4 Å². The maximum atomic E-state index is 9.39. The number of hydrogen-bond acceptors (Lipinski definition) is 7. The van der Waals surface area contributed by atoms with Crippen LogP contribution in [-0.2, 0) is 6.42 Å². The summed E-state index contributed by atoms with van der Waals surface area (Å²) in [5.41, 5.74) is 4.21. The van der Waals surface area contributed by atoms with Crippen molar-refractivity contribution in [1.82, 2.24) is 15.5 Å². The van der Waals surface area contributed by atoms with Crippen molar-refractivity contribution in [2.75, 3.05) is 13.2 Å². The van der Waals surface area contributed by atoms with Gasteiger partial charge in [0, 0.05) is 17.2 Å². The lowest BCUT2D eigenvalue weighted by molar-refractivity contribution is 0.162. The first-order valence-corrected chi connectivity index (χ1v) is 10.7. The summed E-state index contributed by atoms with van der Waals surface area (Å²) >= 11 is 0. The molecule has 1 atom stereocenters. The summed E-state index contributed by atoms with van der Waals surface area (Å²) < 4.78 is 11.2. The van der Waals surface area contributed by atoms with E-state index >= 15 is 0 Å². The van der Waals surface area contributed by atoms with Gasteiger partial charge in [-0.1, -0.05) is 23.4 Å². The first-order chi connectivity index (χ1) is 15.5. The van der Waals surface area contributed by atoms with Crippen molar-refractivity contribution < 1.29 is 19.5 Å². The number of nitrogens with one attached hydrogen (secondary N) is 1. The number of aliphatic hydroxyl groups excluding tert-OH is 2. The Hall–Kier alpha value is -3.25. The van der Waals surface area contributed by atoms with E-state index in [9.17, 15) is 10.2 Å². The highest BCUT2D eigenvalue weighted by molar-refractivity contribution is 5.70. The molecule has 3 N–H and O–H groups in total. The minimum absolute atomic E-state index is 0.0279. The molecule has 0 saturated heterocycles. The fraction of sp³-hybridized carbons (Fsp3) is 0.375. The molecule has 0 fully saturated rings. The molecule has 0 aliphatic heterocycles. The maximum Gasteiger partial charge on any atom is 0.256 e. The zero-order chi connectivity index (χ0) is 22.7. The summed E-state index contributed by atoms with van der Waals surface area (Å²) in [6.45, 7) is 11.0. The summed E-state index contributed by atoms with van der Waals surface area (Å²) in [7, 11) is 0. The van der Waals surface area contributed by atoms with Gasteiger partial charge in [-0.2, -0.15) is 4.98 Å². The van der Waals surface area contributed by atoms with Crippen LogP contribution in [0.2, 0.25) is 0 Å². The smallest absolute Gasteiger partial charge is 0.256 e. The topological polar surface area (TPSA) is 105 Å². The SMILES string of the molecule is [C-]#[N+]c1cc(-c2nc(-c3cccc4c3CCC4NC(CO)CO)no2)ccc1OC(C)C. The number of aliphatic hydroxyl groups is 2. The zero-order valence-corrected chi connectivity index (χ0v) is 18.1. The summed E-state index contributed by atoms with van der Waals surface area (Å²) in [4.78, 5) is 8.15. The molecule has 32 heavy (non-hydrogen) atoms. The van der Waals surface area contributed by atoms with Crippen LogP contribution < -0.4 is 10.1 Å². The minimum Gasteiger partial charge on any atom is -0.502 e. The second-order valence-electron chi connectivity index (χ2n) is 8.08. The molecule has 4 rings (SSSR count). The Labute approximate surface area is 186 Å². The molecule has 8 heteroatoms. The number of fused-ring (bicyclic) bond motifs is 1. The quantitative estimate of drug-likeness (QED) is 0.465. The second-order valence-corrected chi connectivity index (χ2v) is 8.08. The van der Waals surface area contributed by atoms with Gasteiger partial charge in [0.25, 0.3) is 5.89 Å². The third-order valence-corrected chi connectivity index (χ3v) is 5.50. The van der Waals surface area contributed by atoms with E-state index in [4.69, 9.17) is 15.8 Å². The average molecular weight is 434 g/mol. The van der Waals surface area contributed by atoms with Gasteiger partial charge in [0.2, 0.25) is 11.5 Å². The monoisotopic (exact) mass is 434 g/mol. The van der Waals surface area contributed by atoms with Crippen LogP contribution in [0.5, 0.6) is 5.75 Å². The standard InChI is InChI=1S/C24H26N4O4/c1-14(2)31-22-10-7-15(11-21(22)25-3)24-27-23(28-32-24)19-6-4-5-18-17(19)8-9-20(18)26-16(12-29)13-30/h4-7,10-11,14,16,20,26,29-30H,8-9,12-13H2,1-2H3. The number of benzene rings is 2. The van der Waals surface area contributed by atoms with Crippen LogP contribution in [0, 0.1) is 6.57 Å². The van der Waals surface area contributed by atoms with Gasteiger partial charge in [0.15, 0.2) is 0 Å². The van der Waals surface area contributed by atoms with Gasteiger partial charge in [0.1, 0.15) is 5.75 Å². The van der Waals surface area contributed by atoms with E-state index in [0.717, 1.165) is 29.5 Å². The van der Waals surface area contributed by atoms with Gasteiger partial charge in [-0.05, 0) is 56.0 Å². The highest BCUT2D eigenvalue weighted by Crippen LogP contribution is 2.38. The number of rotatable bonds is 8. The van der Waals surface area contributed by atoms with E-state index in [0.29, 0.717) is 28.7 Å². The van der Waals surface area contributed by atoms with E-state index < -0.39 is 0 Å². The summed E-state index contributed by atoms with van der Waals surface area (Å²) in [5, 5.41) is 26.3. The van der Waals surface area contributed by atoms with Crippen molar-refractivity contribution in [2.45, 2.75) is 44.9 Å². The molecule has 1 unspecified atom stereocenters. The maximum absolute atomic E-state index is 9.39. The molecule has 0 spiro atoms. The third kappa shape index (κ3) is 4.36. The van der Waals surface area contributed by atoms with Crippen LogP contribution in [0.1, 0.15) is 37.4 Å². The average Bonchev–Trinajstić information content (AvgIpc) is 3.45. The third-order valence-electron chi connectivity index (χ3n) is 5.50. The molecule has 0 bridgehead atoms. The van der Waals surface area contributed by atoms with Crippen LogP contribution in [0.15, 0.2) is 40.9 Å². The van der Waals surface area contributed by atoms with Crippen LogP contribution in [0.3, 0.4) is 0 Å². The van der Waals surface area contributed by atoms with Crippen LogP contribution in [-0.4, -0.2) is 45.7 Å². The van der Waals surface area contributed by atoms with Crippen molar-refractivity contribution in [1.29, 1.82) is 0 Å². The Morgan fingerprint density at radius 1 is 1.25 bits per heavy atom. The van der Waals surface area contributed by atoms with E-state index in [1.807, 2.05) is 38.1 Å². The van der Waals surface area contributed by atoms with Gasteiger partial charge in [-0.15, -0.1) is 0 Å². The molecular formula is C24H26N4O4. The van der Waals surface area contributed by atoms with Crippen molar-refractivity contribution in [3.8, 4) is 28.6 Å². The molecule has 0 saturated carbocycles. The summed E-state index contributed by atoms with van der Waals surface area (Å²) in [6.07, 6.45) is 1.67. The molecule has 0 radical (unpaired) electrons. The second kappa shape index (κ2) is 9.49. The van der Waals surface area contributed by atoms with E-state index in [1.54, 1.807) is 12.1 Å². The lowest BCUT2D eigenvalue weighted by Gasteiger charge is -2.20. The Morgan fingerprint density at radius 2 is 2.06 bits per heavy atom. The normalized spacial score (nSPS) is 15.2. The fourth-order valence-electron chi connectivity index (χ4n) is 4.03. The van der Waals surface area contributed by atoms with Crippen LogP contribution >= 0.6 is 0 Å². The Morgan fingerprint density at radius 3 is 2.78 bits per heavy atom. The largest absolute Gasteiger partial charge is 0.502 e. The number of ether oxygens (including phenoxy) is 1. The molecule has 1 aromatic heterocycles. The van der Waals surface area contributed by atoms with Crippen molar-refractivity contribution >= 4 is 5.69 Å². The van der Waals surface area contributed by atoms with Gasteiger partial charge in [-0.25, -0.2) is 4.85 Å². The van der Waals surface area contributed by atoms with E-state index in [1.165, 1.54) is 0 Å². The lowest BCUT2D eigenvalue weighted by atomic mass is 10.0. The number of hydrogen-bond donors (Lipinski definition) is 3. The van der Waals surface area contributed by atoms with Crippen LogP contribution in [0.4, 0.5) is 5.69 Å².